The molecule has 1 unspecified atom stereocenters. The van der Waals surface area contributed by atoms with Gasteiger partial charge in [-0.2, -0.15) is 0 Å². The fraction of sp³-hybridized carbons (Fsp3) is 0.200. The lowest BCUT2D eigenvalue weighted by Crippen LogP contribution is -2.34. The Morgan fingerprint density at radius 2 is 1.45 bits per heavy atom. The van der Waals surface area contributed by atoms with Gasteiger partial charge in [-0.05, 0) is 31.5 Å². The monoisotopic (exact) mass is 463 g/mol. The van der Waals surface area contributed by atoms with Crippen molar-refractivity contribution in [3.05, 3.63) is 101 Å². The van der Waals surface area contributed by atoms with E-state index < -0.39 is 13.4 Å². The van der Waals surface area contributed by atoms with Crippen molar-refractivity contribution in [2.24, 2.45) is 0 Å². The van der Waals surface area contributed by atoms with E-state index >= 15 is 0 Å². The minimum Gasteiger partial charge on any atom is -0.307 e. The van der Waals surface area contributed by atoms with Gasteiger partial charge < -0.3 is 14.5 Å². The quantitative estimate of drug-likeness (QED) is 0.327. The zero-order chi connectivity index (χ0) is 23.3. The Bertz CT molecular complexity index is 1320. The van der Waals surface area contributed by atoms with Gasteiger partial charge in [0.1, 0.15) is 0 Å². The van der Waals surface area contributed by atoms with Gasteiger partial charge >= 0.3 is 7.60 Å². The average molecular weight is 463 g/mol. The van der Waals surface area contributed by atoms with E-state index in [2.05, 4.69) is 5.43 Å². The summed E-state index contributed by atoms with van der Waals surface area (Å²) < 4.78 is 26.6. The van der Waals surface area contributed by atoms with Crippen LogP contribution < -0.4 is 11.0 Å². The molecule has 7 nitrogen and oxygen atoms in total. The molecule has 8 heteroatoms. The Morgan fingerprint density at radius 3 is 2.09 bits per heavy atom. The highest BCUT2D eigenvalue weighted by atomic mass is 31.2. The highest BCUT2D eigenvalue weighted by Gasteiger charge is 2.38. The standard InChI is InChI=1S/C25H26N3O4P/c1-3-31-33(30,32-4-2)24(20-15-9-6-10-16-20)27-28-23(19-13-7-5-8-14-19)26-22-18-12-11-17-21(22)25(28)29/h5-18,24,27H,3-4H2,1-2H3. The van der Waals surface area contributed by atoms with Crippen molar-refractivity contribution in [1.82, 2.24) is 9.66 Å². The first-order valence-corrected chi connectivity index (χ1v) is 12.5. The molecule has 4 rings (SSSR count). The highest BCUT2D eigenvalue weighted by Crippen LogP contribution is 2.60. The van der Waals surface area contributed by atoms with Gasteiger partial charge in [-0.25, -0.2) is 9.66 Å². The summed E-state index contributed by atoms with van der Waals surface area (Å²) in [5, 5.41) is 0.444. The topological polar surface area (TPSA) is 82.4 Å². The smallest absolute Gasteiger partial charge is 0.307 e. The molecule has 1 heterocycles. The van der Waals surface area contributed by atoms with Crippen LogP contribution in [0.5, 0.6) is 0 Å². The lowest BCUT2D eigenvalue weighted by atomic mass is 10.2. The maximum atomic E-state index is 13.9. The van der Waals surface area contributed by atoms with Gasteiger partial charge in [0.05, 0.1) is 24.1 Å². The van der Waals surface area contributed by atoms with Crippen LogP contribution in [0.4, 0.5) is 0 Å². The molecule has 3 aromatic carbocycles. The van der Waals surface area contributed by atoms with Crippen LogP contribution in [-0.2, 0) is 13.6 Å². The molecule has 0 fully saturated rings. The van der Waals surface area contributed by atoms with E-state index in [1.165, 1.54) is 4.68 Å². The minimum atomic E-state index is -3.71. The fourth-order valence-electron chi connectivity index (χ4n) is 3.67. The molecule has 1 atom stereocenters. The molecule has 0 spiro atoms. The minimum absolute atomic E-state index is 0.193. The maximum Gasteiger partial charge on any atom is 0.358 e. The van der Waals surface area contributed by atoms with Crippen LogP contribution in [0.25, 0.3) is 22.3 Å². The van der Waals surface area contributed by atoms with Crippen molar-refractivity contribution in [2.75, 3.05) is 18.6 Å². The summed E-state index contributed by atoms with van der Waals surface area (Å²) in [6, 6.07) is 25.7. The number of aromatic nitrogens is 2. The van der Waals surface area contributed by atoms with Gasteiger partial charge in [-0.1, -0.05) is 72.8 Å². The van der Waals surface area contributed by atoms with Crippen LogP contribution in [0.15, 0.2) is 89.7 Å². The number of nitrogens with zero attached hydrogens (tertiary/aromatic N) is 2. The molecule has 1 aromatic heterocycles. The van der Waals surface area contributed by atoms with Crippen LogP contribution in [0.3, 0.4) is 0 Å². The predicted molar refractivity (Wildman–Crippen MR) is 131 cm³/mol. The Balaban J connectivity index is 1.95. The number of fused-ring (bicyclic) bond motifs is 1. The second kappa shape index (κ2) is 10.1. The second-order valence-corrected chi connectivity index (χ2v) is 9.39. The Morgan fingerprint density at radius 1 is 0.879 bits per heavy atom. The van der Waals surface area contributed by atoms with Crippen molar-refractivity contribution in [3.63, 3.8) is 0 Å². The average Bonchev–Trinajstić information content (AvgIpc) is 2.85. The molecule has 4 aromatic rings. The Hall–Kier alpha value is -3.25. The number of hydrogen-bond acceptors (Lipinski definition) is 6. The van der Waals surface area contributed by atoms with Crippen molar-refractivity contribution >= 4 is 18.5 Å². The number of hydrogen-bond donors (Lipinski definition) is 1. The molecule has 0 saturated carbocycles. The Labute approximate surface area is 192 Å². The van der Waals surface area contributed by atoms with Gasteiger partial charge in [-0.15, -0.1) is 0 Å². The second-order valence-electron chi connectivity index (χ2n) is 7.28. The summed E-state index contributed by atoms with van der Waals surface area (Å²) in [4.78, 5) is 18.4. The summed E-state index contributed by atoms with van der Waals surface area (Å²) in [7, 11) is -3.71. The SMILES string of the molecule is CCOP(=O)(OCC)C(Nn1c(-c2ccccc2)nc2ccccc2c1=O)c1ccccc1. The molecule has 0 aliphatic heterocycles. The van der Waals surface area contributed by atoms with Gasteiger partial charge in [-0.3, -0.25) is 9.36 Å². The van der Waals surface area contributed by atoms with Crippen LogP contribution >= 0.6 is 7.60 Å². The van der Waals surface area contributed by atoms with E-state index in [9.17, 15) is 9.36 Å². The Kier molecular flexibility index (Phi) is 7.04. The molecule has 0 bridgehead atoms. The fourth-order valence-corrected chi connectivity index (χ4v) is 5.55. The lowest BCUT2D eigenvalue weighted by molar-refractivity contribution is 0.213. The third-order valence-electron chi connectivity index (χ3n) is 5.11. The molecule has 33 heavy (non-hydrogen) atoms. The van der Waals surface area contributed by atoms with E-state index in [-0.39, 0.29) is 18.8 Å². The third-order valence-corrected chi connectivity index (χ3v) is 7.39. The van der Waals surface area contributed by atoms with Crippen LogP contribution in [0.1, 0.15) is 25.2 Å². The first kappa shape index (κ1) is 22.9. The summed E-state index contributed by atoms with van der Waals surface area (Å²) in [6.07, 6.45) is 0. The first-order valence-electron chi connectivity index (χ1n) is 10.8. The van der Waals surface area contributed by atoms with Crippen LogP contribution in [0.2, 0.25) is 0 Å². The third kappa shape index (κ3) is 4.76. The van der Waals surface area contributed by atoms with Crippen molar-refractivity contribution < 1.29 is 13.6 Å². The van der Waals surface area contributed by atoms with E-state index in [4.69, 9.17) is 14.0 Å². The molecular weight excluding hydrogens is 437 g/mol. The van der Waals surface area contributed by atoms with Crippen LogP contribution in [0, 0.1) is 0 Å². The maximum absolute atomic E-state index is 13.9. The number of nitrogens with one attached hydrogen (secondary N) is 1. The van der Waals surface area contributed by atoms with Gasteiger partial charge in [0.2, 0.25) is 0 Å². The van der Waals surface area contributed by atoms with Crippen molar-refractivity contribution in [2.45, 2.75) is 19.6 Å². The van der Waals surface area contributed by atoms with Gasteiger partial charge in [0.15, 0.2) is 11.6 Å². The molecule has 0 aliphatic rings. The molecular formula is C25H26N3O4P. The summed E-state index contributed by atoms with van der Waals surface area (Å²) >= 11 is 0. The molecule has 0 aliphatic carbocycles. The summed E-state index contributed by atoms with van der Waals surface area (Å²) in [5.41, 5.74) is 4.84. The molecule has 0 saturated heterocycles. The zero-order valence-corrected chi connectivity index (χ0v) is 19.4. The van der Waals surface area contributed by atoms with E-state index in [1.807, 2.05) is 66.7 Å². The normalized spacial score (nSPS) is 12.5. The molecule has 1 N–H and O–H groups in total. The number of rotatable bonds is 9. The van der Waals surface area contributed by atoms with E-state index in [1.54, 1.807) is 32.0 Å². The number of para-hydroxylation sites is 1. The molecule has 0 radical (unpaired) electrons. The van der Waals surface area contributed by atoms with E-state index in [0.717, 1.165) is 5.56 Å². The van der Waals surface area contributed by atoms with Gasteiger partial charge in [0, 0.05) is 5.56 Å². The van der Waals surface area contributed by atoms with Gasteiger partial charge in [0.25, 0.3) is 5.56 Å². The number of benzene rings is 3. The highest BCUT2D eigenvalue weighted by molar-refractivity contribution is 7.54. The van der Waals surface area contributed by atoms with Crippen LogP contribution in [-0.4, -0.2) is 22.9 Å². The predicted octanol–water partition coefficient (Wildman–Crippen LogP) is 5.57. The molecule has 170 valence electrons. The summed E-state index contributed by atoms with van der Waals surface area (Å²) in [5.74, 6) is -0.526. The summed E-state index contributed by atoms with van der Waals surface area (Å²) in [6.45, 7) is 3.90. The molecule has 0 amide bonds. The first-order chi connectivity index (χ1) is 16.1. The largest absolute Gasteiger partial charge is 0.358 e. The van der Waals surface area contributed by atoms with E-state index in [0.29, 0.717) is 22.3 Å². The lowest BCUT2D eigenvalue weighted by Gasteiger charge is -2.29. The zero-order valence-electron chi connectivity index (χ0n) is 18.5. The van der Waals surface area contributed by atoms with Crippen molar-refractivity contribution in [3.8, 4) is 11.4 Å². The van der Waals surface area contributed by atoms with Crippen molar-refractivity contribution in [1.29, 1.82) is 0 Å².